The number of nitrogens with zero attached hydrogens (tertiary/aromatic N) is 1. The number of nitro benzene ring substituents is 1. The molecule has 0 fully saturated rings. The molecule has 0 aliphatic heterocycles. The molecule has 8 nitrogen and oxygen atoms in total. The van der Waals surface area contributed by atoms with Crippen LogP contribution in [-0.2, 0) is 16.0 Å². The number of hydrogen-bond donors (Lipinski definition) is 2. The molecule has 1 atom stereocenters. The first-order valence-electron chi connectivity index (χ1n) is 8.95. The number of nitrogens with one attached hydrogen (secondary N) is 2. The molecule has 0 amide bonds. The van der Waals surface area contributed by atoms with E-state index >= 15 is 0 Å². The van der Waals surface area contributed by atoms with Crippen LogP contribution < -0.4 is 5.56 Å². The quantitative estimate of drug-likeness (QED) is 0.256. The van der Waals surface area contributed by atoms with Crippen LogP contribution in [0.25, 0.3) is 0 Å². The van der Waals surface area contributed by atoms with Gasteiger partial charge in [-0.2, -0.15) is 0 Å². The summed E-state index contributed by atoms with van der Waals surface area (Å²) in [4.78, 5) is 35.1. The van der Waals surface area contributed by atoms with Crippen molar-refractivity contribution in [1.82, 2.24) is 10.2 Å². The molecule has 0 saturated heterocycles. The smallest absolute Gasteiger partial charge is 0.306 e. The Morgan fingerprint density at radius 2 is 1.84 bits per heavy atom. The van der Waals surface area contributed by atoms with E-state index in [0.717, 1.165) is 7.11 Å². The summed E-state index contributed by atoms with van der Waals surface area (Å²) >= 11 is 0. The number of aromatic nitrogens is 2. The molecule has 0 saturated carbocycles. The summed E-state index contributed by atoms with van der Waals surface area (Å²) in [6, 6.07) is 6.41. The average molecular weight is 435 g/mol. The van der Waals surface area contributed by atoms with Crippen molar-refractivity contribution in [3.8, 4) is 0 Å². The lowest BCUT2D eigenvalue weighted by molar-refractivity contribution is -0.384. The number of H-pyrrole nitrogens is 2. The monoisotopic (exact) mass is 435 g/mol. The summed E-state index contributed by atoms with van der Waals surface area (Å²) < 4.78 is 45.6. The van der Waals surface area contributed by atoms with Gasteiger partial charge in [0.2, 0.25) is 0 Å². The van der Waals surface area contributed by atoms with Gasteiger partial charge in [0, 0.05) is 41.8 Å². The van der Waals surface area contributed by atoms with Crippen LogP contribution in [0.1, 0.15) is 34.7 Å². The van der Waals surface area contributed by atoms with Crippen molar-refractivity contribution in [3.05, 3.63) is 96.7 Å². The molecule has 0 spiro atoms. The highest BCUT2D eigenvalue weighted by Crippen LogP contribution is 2.31. The number of aromatic amines is 2. The highest BCUT2D eigenvalue weighted by atomic mass is 19.2. The van der Waals surface area contributed by atoms with Crippen LogP contribution in [0.15, 0.2) is 41.2 Å². The Morgan fingerprint density at radius 1 is 1.13 bits per heavy atom. The van der Waals surface area contributed by atoms with Gasteiger partial charge in [0.05, 0.1) is 18.5 Å². The molecule has 3 rings (SSSR count). The van der Waals surface area contributed by atoms with E-state index in [0.29, 0.717) is 12.1 Å². The van der Waals surface area contributed by atoms with Gasteiger partial charge in [-0.3, -0.25) is 24.8 Å². The van der Waals surface area contributed by atoms with Crippen molar-refractivity contribution in [2.75, 3.05) is 7.11 Å². The number of nitro groups is 1. The minimum Gasteiger partial charge on any atom is -0.469 e. The first-order valence-corrected chi connectivity index (χ1v) is 8.95. The van der Waals surface area contributed by atoms with Crippen molar-refractivity contribution < 1.29 is 27.6 Å². The van der Waals surface area contributed by atoms with Crippen LogP contribution in [-0.4, -0.2) is 28.2 Å². The van der Waals surface area contributed by atoms with E-state index in [1.165, 1.54) is 24.3 Å². The second-order valence-corrected chi connectivity index (χ2v) is 6.69. The molecule has 31 heavy (non-hydrogen) atoms. The summed E-state index contributed by atoms with van der Waals surface area (Å²) in [6.45, 7) is 0. The Bertz CT molecular complexity index is 1210. The predicted molar refractivity (Wildman–Crippen MR) is 102 cm³/mol. The summed E-state index contributed by atoms with van der Waals surface area (Å²) in [7, 11) is 1.14. The van der Waals surface area contributed by atoms with Gasteiger partial charge in [0.25, 0.3) is 11.2 Å². The number of rotatable bonds is 7. The lowest BCUT2D eigenvalue weighted by Crippen LogP contribution is -2.18. The molecule has 0 unspecified atom stereocenters. The standard InChI is InChI=1S/C20H16F3N3O5/c1-31-18(27)8-13(10-3-2-4-12(5-10)26(29)30)19-17(24-25-20(19)28)7-11-6-15(22)16(23)9-14(11)21/h2-6,9,13H,7-8H2,1H3,(H2,24,25,28)/t13-/m1/s1. The van der Waals surface area contributed by atoms with Gasteiger partial charge in [0.1, 0.15) is 5.82 Å². The first-order chi connectivity index (χ1) is 14.7. The van der Waals surface area contributed by atoms with Crippen molar-refractivity contribution >= 4 is 11.7 Å². The molecule has 2 aromatic carbocycles. The summed E-state index contributed by atoms with van der Waals surface area (Å²) in [5, 5.41) is 16.0. The lowest BCUT2D eigenvalue weighted by Gasteiger charge is -2.16. The van der Waals surface area contributed by atoms with Crippen LogP contribution in [0, 0.1) is 27.6 Å². The van der Waals surface area contributed by atoms with E-state index in [1.807, 2.05) is 0 Å². The molecular weight excluding hydrogens is 419 g/mol. The van der Waals surface area contributed by atoms with E-state index in [9.17, 15) is 32.9 Å². The molecule has 1 aromatic heterocycles. The van der Waals surface area contributed by atoms with Gasteiger partial charge in [-0.1, -0.05) is 12.1 Å². The molecular formula is C20H16F3N3O5. The minimum absolute atomic E-state index is 0.00460. The average Bonchev–Trinajstić information content (AvgIpc) is 3.09. The van der Waals surface area contributed by atoms with E-state index in [2.05, 4.69) is 14.9 Å². The van der Waals surface area contributed by atoms with Crippen molar-refractivity contribution in [2.24, 2.45) is 0 Å². The maximum atomic E-state index is 14.1. The largest absolute Gasteiger partial charge is 0.469 e. The number of carbonyl (C=O) groups excluding carboxylic acids is 1. The van der Waals surface area contributed by atoms with Gasteiger partial charge in [-0.25, -0.2) is 13.2 Å². The Hall–Kier alpha value is -3.89. The van der Waals surface area contributed by atoms with Crippen molar-refractivity contribution in [1.29, 1.82) is 0 Å². The van der Waals surface area contributed by atoms with E-state index in [1.54, 1.807) is 0 Å². The highest BCUT2D eigenvalue weighted by Gasteiger charge is 2.27. The zero-order valence-electron chi connectivity index (χ0n) is 16.1. The fourth-order valence-electron chi connectivity index (χ4n) is 3.29. The number of ether oxygens (including phenoxy) is 1. The van der Waals surface area contributed by atoms with Crippen LogP contribution in [0.5, 0.6) is 0 Å². The Morgan fingerprint density at radius 3 is 2.52 bits per heavy atom. The van der Waals surface area contributed by atoms with Crippen LogP contribution in [0.3, 0.4) is 0 Å². The number of hydrogen-bond acceptors (Lipinski definition) is 5. The molecule has 0 radical (unpaired) electrons. The van der Waals surface area contributed by atoms with Crippen LogP contribution >= 0.6 is 0 Å². The number of non-ortho nitro benzene ring substituents is 1. The molecule has 162 valence electrons. The third-order valence-corrected chi connectivity index (χ3v) is 4.78. The van der Waals surface area contributed by atoms with Gasteiger partial charge in [-0.05, 0) is 17.2 Å². The fourth-order valence-corrected chi connectivity index (χ4v) is 3.29. The SMILES string of the molecule is COC(=O)C[C@H](c1cccc([N+](=O)[O-])c1)c1c(Cc2cc(F)c(F)cc2F)[nH][nH]c1=O. The maximum absolute atomic E-state index is 14.1. The third-order valence-electron chi connectivity index (χ3n) is 4.78. The van der Waals surface area contributed by atoms with Gasteiger partial charge in [0.15, 0.2) is 11.6 Å². The molecule has 0 aliphatic carbocycles. The highest BCUT2D eigenvalue weighted by molar-refractivity contribution is 5.71. The van der Waals surface area contributed by atoms with Gasteiger partial charge >= 0.3 is 5.97 Å². The lowest BCUT2D eigenvalue weighted by atomic mass is 9.87. The zero-order valence-corrected chi connectivity index (χ0v) is 16.1. The predicted octanol–water partition coefficient (Wildman–Crippen LogP) is 3.31. The molecule has 0 bridgehead atoms. The van der Waals surface area contributed by atoms with Gasteiger partial charge < -0.3 is 9.84 Å². The third kappa shape index (κ3) is 4.65. The molecule has 0 aliphatic rings. The van der Waals surface area contributed by atoms with E-state index in [-0.39, 0.29) is 40.9 Å². The molecule has 1 heterocycles. The van der Waals surface area contributed by atoms with Crippen LogP contribution in [0.2, 0.25) is 0 Å². The number of methoxy groups -OCH3 is 1. The number of esters is 1. The van der Waals surface area contributed by atoms with Crippen molar-refractivity contribution in [3.63, 3.8) is 0 Å². The van der Waals surface area contributed by atoms with Crippen molar-refractivity contribution in [2.45, 2.75) is 18.8 Å². The van der Waals surface area contributed by atoms with Crippen LogP contribution in [0.4, 0.5) is 18.9 Å². The normalized spacial score (nSPS) is 11.9. The first kappa shape index (κ1) is 21.8. The fraction of sp³-hybridized carbons (Fsp3) is 0.200. The Balaban J connectivity index is 2.11. The minimum atomic E-state index is -1.36. The zero-order chi connectivity index (χ0) is 22.7. The Labute approximate surface area is 172 Å². The topological polar surface area (TPSA) is 118 Å². The van der Waals surface area contributed by atoms with Gasteiger partial charge in [-0.15, -0.1) is 0 Å². The summed E-state index contributed by atoms with van der Waals surface area (Å²) in [6.07, 6.45) is -0.671. The molecule has 2 N–H and O–H groups in total. The van der Waals surface area contributed by atoms with E-state index < -0.39 is 39.8 Å². The number of benzene rings is 2. The number of halogens is 3. The summed E-state index contributed by atoms with van der Waals surface area (Å²) in [5.41, 5.74) is -0.765. The molecule has 3 aromatic rings. The second kappa shape index (κ2) is 8.86. The summed E-state index contributed by atoms with van der Waals surface area (Å²) in [5.74, 6) is -5.32. The molecule has 11 heteroatoms. The Kier molecular flexibility index (Phi) is 6.23. The second-order valence-electron chi connectivity index (χ2n) is 6.69. The number of carbonyl (C=O) groups is 1. The maximum Gasteiger partial charge on any atom is 0.306 e. The van der Waals surface area contributed by atoms with E-state index in [4.69, 9.17) is 0 Å².